The highest BCUT2D eigenvalue weighted by Crippen LogP contribution is 2.37. The van der Waals surface area contributed by atoms with E-state index in [-0.39, 0.29) is 0 Å². The van der Waals surface area contributed by atoms with Crippen LogP contribution < -0.4 is 0 Å². The summed E-state index contributed by atoms with van der Waals surface area (Å²) in [7, 11) is 0. The summed E-state index contributed by atoms with van der Waals surface area (Å²) in [6, 6.07) is 16.5. The Morgan fingerprint density at radius 1 is 0.727 bits per heavy atom. The van der Waals surface area contributed by atoms with Crippen molar-refractivity contribution in [3.63, 3.8) is 0 Å². The van der Waals surface area contributed by atoms with Crippen molar-refractivity contribution in [2.75, 3.05) is 0 Å². The van der Waals surface area contributed by atoms with E-state index >= 15 is 0 Å². The second-order valence-corrected chi connectivity index (χ2v) is 7.94. The van der Waals surface area contributed by atoms with Crippen molar-refractivity contribution in [3.05, 3.63) is 70.3 Å². The van der Waals surface area contributed by atoms with Crippen molar-refractivity contribution < 1.29 is 0 Å². The van der Waals surface area contributed by atoms with E-state index in [4.69, 9.17) is 0 Å². The van der Waals surface area contributed by atoms with Crippen LogP contribution in [0.3, 0.4) is 0 Å². The van der Waals surface area contributed by atoms with Gasteiger partial charge in [-0.2, -0.15) is 0 Å². The van der Waals surface area contributed by atoms with Crippen molar-refractivity contribution in [3.8, 4) is 0 Å². The standard InChI is InChI=1S/C22H28/c1-16(22(2,3)4)21-15-19-10-9-17-5-7-18(8-6-17)11-13-20(21)14-12-19/h5-8,12,14-16H,9-11,13H2,1-4H3. The van der Waals surface area contributed by atoms with Gasteiger partial charge in [0.1, 0.15) is 0 Å². The van der Waals surface area contributed by atoms with Crippen LogP contribution in [0.15, 0.2) is 42.5 Å². The first-order valence-electron chi connectivity index (χ1n) is 8.63. The Balaban J connectivity index is 2.01. The van der Waals surface area contributed by atoms with E-state index in [1.54, 1.807) is 5.56 Å². The van der Waals surface area contributed by atoms with Crippen LogP contribution in [0.2, 0.25) is 0 Å². The van der Waals surface area contributed by atoms with E-state index in [0.717, 1.165) is 25.7 Å². The lowest BCUT2D eigenvalue weighted by Crippen LogP contribution is -2.17. The van der Waals surface area contributed by atoms with Gasteiger partial charge in [-0.15, -0.1) is 0 Å². The van der Waals surface area contributed by atoms with Crippen LogP contribution in [-0.4, -0.2) is 0 Å². The van der Waals surface area contributed by atoms with Crippen molar-refractivity contribution in [1.82, 2.24) is 0 Å². The first-order valence-corrected chi connectivity index (χ1v) is 8.63. The third-order valence-electron chi connectivity index (χ3n) is 5.38. The predicted octanol–water partition coefficient (Wildman–Crippen LogP) is 5.72. The zero-order chi connectivity index (χ0) is 15.7. The highest BCUT2D eigenvalue weighted by Gasteiger charge is 2.24. The molecule has 1 unspecified atom stereocenters. The minimum atomic E-state index is 0.311. The monoisotopic (exact) mass is 292 g/mol. The first kappa shape index (κ1) is 15.3. The van der Waals surface area contributed by atoms with Crippen molar-refractivity contribution in [2.24, 2.45) is 5.41 Å². The van der Waals surface area contributed by atoms with Gasteiger partial charge in [0.2, 0.25) is 0 Å². The van der Waals surface area contributed by atoms with Gasteiger partial charge in [0.05, 0.1) is 0 Å². The minimum absolute atomic E-state index is 0.311. The van der Waals surface area contributed by atoms with Gasteiger partial charge in [0.25, 0.3) is 0 Å². The molecule has 0 aliphatic heterocycles. The molecule has 0 heteroatoms. The van der Waals surface area contributed by atoms with Crippen molar-refractivity contribution in [1.29, 1.82) is 0 Å². The van der Waals surface area contributed by atoms with Gasteiger partial charge in [-0.1, -0.05) is 70.2 Å². The van der Waals surface area contributed by atoms with Crippen LogP contribution in [-0.2, 0) is 25.7 Å². The highest BCUT2D eigenvalue weighted by atomic mass is 14.3. The van der Waals surface area contributed by atoms with Gasteiger partial charge in [-0.25, -0.2) is 0 Å². The number of hydrogen-bond acceptors (Lipinski definition) is 0. The number of benzene rings is 2. The van der Waals surface area contributed by atoms with Crippen LogP contribution in [0.5, 0.6) is 0 Å². The summed E-state index contributed by atoms with van der Waals surface area (Å²) < 4.78 is 0. The number of rotatable bonds is 1. The molecule has 6 rings (SSSR count). The summed E-state index contributed by atoms with van der Waals surface area (Å²) in [6.45, 7) is 9.46. The minimum Gasteiger partial charge on any atom is -0.0596 e. The van der Waals surface area contributed by atoms with Crippen LogP contribution in [0.4, 0.5) is 0 Å². The summed E-state index contributed by atoms with van der Waals surface area (Å²) in [4.78, 5) is 0. The fourth-order valence-corrected chi connectivity index (χ4v) is 3.34. The smallest absolute Gasteiger partial charge is 0.0139 e. The number of aryl methyl sites for hydroxylation is 4. The molecule has 0 aromatic heterocycles. The quantitative estimate of drug-likeness (QED) is 0.630. The highest BCUT2D eigenvalue weighted by molar-refractivity contribution is 5.37. The second-order valence-electron chi connectivity index (χ2n) is 7.94. The van der Waals surface area contributed by atoms with E-state index in [1.165, 1.54) is 22.3 Å². The normalized spacial score (nSPS) is 16.2. The summed E-state index contributed by atoms with van der Waals surface area (Å²) in [5.74, 6) is 0.589. The lowest BCUT2D eigenvalue weighted by molar-refractivity contribution is 0.338. The van der Waals surface area contributed by atoms with E-state index in [9.17, 15) is 0 Å². The largest absolute Gasteiger partial charge is 0.0596 e. The van der Waals surface area contributed by atoms with E-state index in [2.05, 4.69) is 70.2 Å². The van der Waals surface area contributed by atoms with Gasteiger partial charge in [0.15, 0.2) is 0 Å². The molecule has 116 valence electrons. The molecule has 1 atom stereocenters. The summed E-state index contributed by atoms with van der Waals surface area (Å²) in [5.41, 5.74) is 7.82. The first-order chi connectivity index (χ1) is 10.4. The molecule has 0 heterocycles. The Morgan fingerprint density at radius 2 is 1.23 bits per heavy atom. The summed E-state index contributed by atoms with van der Waals surface area (Å²) in [6.07, 6.45) is 4.57. The molecule has 4 aliphatic rings. The Hall–Kier alpha value is -1.56. The number of hydrogen-bond donors (Lipinski definition) is 0. The van der Waals surface area contributed by atoms with E-state index < -0.39 is 0 Å². The lowest BCUT2D eigenvalue weighted by atomic mass is 9.75. The molecular formula is C22H28. The SMILES string of the molecule is CC(c1cc2ccc1CCc1ccc(cc1)CC2)C(C)(C)C. The Bertz CT molecular complexity index is 641. The Labute approximate surface area is 135 Å². The summed E-state index contributed by atoms with van der Waals surface area (Å²) >= 11 is 0. The molecule has 2 aromatic carbocycles. The molecule has 22 heavy (non-hydrogen) atoms. The van der Waals surface area contributed by atoms with E-state index in [1.807, 2.05) is 0 Å². The molecular weight excluding hydrogens is 264 g/mol. The summed E-state index contributed by atoms with van der Waals surface area (Å²) in [5, 5.41) is 0. The third-order valence-corrected chi connectivity index (χ3v) is 5.38. The topological polar surface area (TPSA) is 0 Å². The molecule has 4 aliphatic carbocycles. The fourth-order valence-electron chi connectivity index (χ4n) is 3.34. The molecule has 2 aromatic rings. The van der Waals surface area contributed by atoms with Gasteiger partial charge in [-0.3, -0.25) is 0 Å². The maximum atomic E-state index is 2.49. The van der Waals surface area contributed by atoms with E-state index in [0.29, 0.717) is 11.3 Å². The molecule has 0 fully saturated rings. The van der Waals surface area contributed by atoms with Gasteiger partial charge >= 0.3 is 0 Å². The Kier molecular flexibility index (Phi) is 4.12. The van der Waals surface area contributed by atoms with Crippen molar-refractivity contribution >= 4 is 0 Å². The average Bonchev–Trinajstić information content (AvgIpc) is 2.48. The Morgan fingerprint density at radius 3 is 1.82 bits per heavy atom. The fraction of sp³-hybridized carbons (Fsp3) is 0.455. The van der Waals surface area contributed by atoms with Gasteiger partial charge in [0, 0.05) is 0 Å². The van der Waals surface area contributed by atoms with Crippen molar-refractivity contribution in [2.45, 2.75) is 59.3 Å². The molecule has 0 saturated carbocycles. The average molecular weight is 292 g/mol. The van der Waals surface area contributed by atoms with Gasteiger partial charge in [-0.05, 0) is 64.8 Å². The second kappa shape index (κ2) is 5.91. The van der Waals surface area contributed by atoms with Crippen LogP contribution in [0.1, 0.15) is 61.4 Å². The zero-order valence-corrected chi connectivity index (χ0v) is 14.4. The molecule has 0 spiro atoms. The molecule has 0 nitrogen and oxygen atoms in total. The van der Waals surface area contributed by atoms with Gasteiger partial charge < -0.3 is 0 Å². The maximum Gasteiger partial charge on any atom is -0.0139 e. The predicted molar refractivity (Wildman–Crippen MR) is 95.6 cm³/mol. The molecule has 0 radical (unpaired) electrons. The molecule has 0 amide bonds. The van der Waals surface area contributed by atoms with Crippen LogP contribution >= 0.6 is 0 Å². The van der Waals surface area contributed by atoms with Crippen LogP contribution in [0, 0.1) is 5.41 Å². The zero-order valence-electron chi connectivity index (χ0n) is 14.4. The molecule has 0 saturated heterocycles. The van der Waals surface area contributed by atoms with Crippen LogP contribution in [0.25, 0.3) is 0 Å². The maximum absolute atomic E-state index is 2.49. The molecule has 0 N–H and O–H groups in total. The lowest BCUT2D eigenvalue weighted by Gasteiger charge is -2.30. The third kappa shape index (κ3) is 3.27. The molecule has 4 bridgehead atoms.